The number of hydrogen-bond acceptors (Lipinski definition) is 9. The topological polar surface area (TPSA) is 145 Å². The third-order valence-electron chi connectivity index (χ3n) is 5.93. The number of aliphatic carboxylic acids is 1. The number of phenols is 1. The molecule has 3 aromatic rings. The molecule has 2 aromatic carbocycles. The second-order valence-electron chi connectivity index (χ2n) is 8.95. The lowest BCUT2D eigenvalue weighted by molar-refractivity contribution is -0.192. The van der Waals surface area contributed by atoms with Crippen LogP contribution in [0.25, 0.3) is 11.3 Å². The van der Waals surface area contributed by atoms with Gasteiger partial charge in [-0.3, -0.25) is 4.72 Å². The highest BCUT2D eigenvalue weighted by atomic mass is 32.2. The van der Waals surface area contributed by atoms with Crippen molar-refractivity contribution < 1.29 is 41.3 Å². The van der Waals surface area contributed by atoms with Gasteiger partial charge in [-0.05, 0) is 36.8 Å². The predicted molar refractivity (Wildman–Crippen MR) is 141 cm³/mol. The number of hydrogen-bond donors (Lipinski definition) is 3. The summed E-state index contributed by atoms with van der Waals surface area (Å²) >= 11 is 0. The van der Waals surface area contributed by atoms with E-state index in [0.29, 0.717) is 44.5 Å². The Morgan fingerprint density at radius 1 is 1.05 bits per heavy atom. The van der Waals surface area contributed by atoms with Crippen molar-refractivity contribution in [2.24, 2.45) is 0 Å². The number of nitrogens with zero attached hydrogens (tertiary/aromatic N) is 4. The second kappa shape index (κ2) is 11.6. The zero-order chi connectivity index (χ0) is 29.1. The summed E-state index contributed by atoms with van der Waals surface area (Å²) in [5.74, 6) is -1.16. The fourth-order valence-electron chi connectivity index (χ4n) is 4.24. The van der Waals surface area contributed by atoms with Gasteiger partial charge in [0.25, 0.3) is 0 Å². The van der Waals surface area contributed by atoms with Crippen LogP contribution in [0.3, 0.4) is 0 Å². The molecule has 1 fully saturated rings. The van der Waals surface area contributed by atoms with Crippen LogP contribution < -0.4 is 14.5 Å². The maximum Gasteiger partial charge on any atom is 0.490 e. The molecule has 1 aromatic heterocycles. The summed E-state index contributed by atoms with van der Waals surface area (Å²) in [6, 6.07) is 14.4. The number of sulfonamides is 1. The van der Waals surface area contributed by atoms with Gasteiger partial charge in [-0.25, -0.2) is 18.2 Å². The number of aromatic hydroxyl groups is 1. The van der Waals surface area contributed by atoms with E-state index in [1.54, 1.807) is 30.3 Å². The van der Waals surface area contributed by atoms with E-state index in [1.807, 2.05) is 18.2 Å². The molecule has 214 valence electrons. The maximum absolute atomic E-state index is 11.7. The number of carboxylic acids is 1. The van der Waals surface area contributed by atoms with E-state index in [4.69, 9.17) is 24.6 Å². The van der Waals surface area contributed by atoms with Crippen LogP contribution in [-0.4, -0.2) is 79.8 Å². The molecule has 15 heteroatoms. The van der Waals surface area contributed by atoms with Gasteiger partial charge >= 0.3 is 12.1 Å². The van der Waals surface area contributed by atoms with Crippen LogP contribution in [0.1, 0.15) is 5.56 Å². The summed E-state index contributed by atoms with van der Waals surface area (Å²) in [7, 11) is -3.38. The minimum atomic E-state index is -5.08. The predicted octanol–water partition coefficient (Wildman–Crippen LogP) is 3.38. The number of ether oxygens (including phenoxy) is 1. The number of phenolic OH excluding ortho intramolecular Hbond substituents is 1. The van der Waals surface area contributed by atoms with Crippen molar-refractivity contribution in [2.75, 3.05) is 53.6 Å². The first-order valence-corrected chi connectivity index (χ1v) is 13.9. The Bertz CT molecular complexity index is 1500. The number of morpholine rings is 1. The number of aromatic nitrogens is 2. The Morgan fingerprint density at radius 2 is 1.73 bits per heavy atom. The number of rotatable bonds is 5. The zero-order valence-electron chi connectivity index (χ0n) is 21.2. The molecular weight excluding hydrogens is 555 g/mol. The summed E-state index contributed by atoms with van der Waals surface area (Å²) < 4.78 is 63.2. The van der Waals surface area contributed by atoms with E-state index >= 15 is 0 Å². The first-order valence-electron chi connectivity index (χ1n) is 12.0. The van der Waals surface area contributed by atoms with Crippen molar-refractivity contribution in [1.82, 2.24) is 9.97 Å². The molecule has 2 aliphatic rings. The smallest absolute Gasteiger partial charge is 0.490 e. The lowest BCUT2D eigenvalue weighted by atomic mass is 10.1. The van der Waals surface area contributed by atoms with Crippen molar-refractivity contribution in [3.8, 4) is 17.0 Å². The van der Waals surface area contributed by atoms with Crippen molar-refractivity contribution in [3.05, 3.63) is 54.1 Å². The highest BCUT2D eigenvalue weighted by molar-refractivity contribution is 7.92. The number of fused-ring (bicyclic) bond motifs is 1. The Kier molecular flexibility index (Phi) is 8.34. The number of nitrogens with one attached hydrogen (secondary N) is 1. The average Bonchev–Trinajstić information content (AvgIpc) is 3.32. The van der Waals surface area contributed by atoms with Crippen molar-refractivity contribution >= 4 is 39.1 Å². The molecular formula is C25H26F3N5O6S. The van der Waals surface area contributed by atoms with Crippen LogP contribution in [0.4, 0.5) is 36.3 Å². The number of carboxylic acid groups (broad SMARTS) is 1. The van der Waals surface area contributed by atoms with Crippen molar-refractivity contribution in [3.63, 3.8) is 0 Å². The van der Waals surface area contributed by atoms with Gasteiger partial charge in [0, 0.05) is 36.4 Å². The maximum atomic E-state index is 11.7. The lowest BCUT2D eigenvalue weighted by Gasteiger charge is -2.28. The molecule has 0 saturated carbocycles. The molecule has 1 saturated heterocycles. The van der Waals surface area contributed by atoms with E-state index < -0.39 is 22.2 Å². The van der Waals surface area contributed by atoms with Crippen LogP contribution in [0.5, 0.6) is 5.75 Å². The molecule has 0 amide bonds. The first-order chi connectivity index (χ1) is 18.8. The fraction of sp³-hybridized carbons (Fsp3) is 0.320. The Balaban J connectivity index is 0.000000470. The summed E-state index contributed by atoms with van der Waals surface area (Å²) in [6.07, 6.45) is -3.22. The molecule has 0 bridgehead atoms. The number of carbonyl (C=O) groups is 1. The van der Waals surface area contributed by atoms with Gasteiger partial charge in [0.2, 0.25) is 16.0 Å². The first kappa shape index (κ1) is 28.9. The van der Waals surface area contributed by atoms with Crippen LogP contribution in [0, 0.1) is 0 Å². The molecule has 0 unspecified atom stereocenters. The Morgan fingerprint density at radius 3 is 2.35 bits per heavy atom. The number of halogens is 3. The van der Waals surface area contributed by atoms with Crippen molar-refractivity contribution in [1.29, 1.82) is 0 Å². The van der Waals surface area contributed by atoms with Crippen LogP contribution >= 0.6 is 0 Å². The largest absolute Gasteiger partial charge is 0.508 e. The standard InChI is InChI=1S/C23H25N5O4S.C2HF3O2/c1-33(30,31)26-17-5-3-6-18(15-17)28-9-8-20-21(16-4-2-7-19(29)14-16)24-23(25-22(20)28)27-10-12-32-13-11-27;3-2(4,5)1(6)7/h2-7,14-15,26,29H,8-13H2,1H3;(H,6,7). The van der Waals surface area contributed by atoms with Crippen molar-refractivity contribution in [2.45, 2.75) is 12.6 Å². The SMILES string of the molecule is CS(=O)(=O)Nc1cccc(N2CCc3c(-c4cccc(O)c4)nc(N4CCOCC4)nc32)c1.O=C(O)C(F)(F)F. The molecule has 0 atom stereocenters. The molecule has 2 aliphatic heterocycles. The molecule has 3 N–H and O–H groups in total. The minimum Gasteiger partial charge on any atom is -0.508 e. The van der Waals surface area contributed by atoms with E-state index in [9.17, 15) is 26.7 Å². The lowest BCUT2D eigenvalue weighted by Crippen LogP contribution is -2.37. The van der Waals surface area contributed by atoms with Gasteiger partial charge in [0.05, 0.1) is 30.9 Å². The van der Waals surface area contributed by atoms with Crippen LogP contribution in [0.15, 0.2) is 48.5 Å². The zero-order valence-corrected chi connectivity index (χ0v) is 22.0. The summed E-state index contributed by atoms with van der Waals surface area (Å²) in [5, 5.41) is 17.2. The Hall–Kier alpha value is -4.11. The van der Waals surface area contributed by atoms with Gasteiger partial charge in [0.15, 0.2) is 0 Å². The van der Waals surface area contributed by atoms with Crippen LogP contribution in [-0.2, 0) is 26.0 Å². The molecule has 11 nitrogen and oxygen atoms in total. The normalized spacial score (nSPS) is 15.2. The monoisotopic (exact) mass is 581 g/mol. The molecule has 0 radical (unpaired) electrons. The third kappa shape index (κ3) is 7.09. The van der Waals surface area contributed by atoms with E-state index in [-0.39, 0.29) is 5.75 Å². The average molecular weight is 582 g/mol. The fourth-order valence-corrected chi connectivity index (χ4v) is 4.80. The highest BCUT2D eigenvalue weighted by Crippen LogP contribution is 2.40. The van der Waals surface area contributed by atoms with Gasteiger partial charge in [0.1, 0.15) is 11.6 Å². The third-order valence-corrected chi connectivity index (χ3v) is 6.54. The molecule has 0 aliphatic carbocycles. The second-order valence-corrected chi connectivity index (χ2v) is 10.7. The quantitative estimate of drug-likeness (QED) is 0.410. The van der Waals surface area contributed by atoms with Gasteiger partial charge in [-0.2, -0.15) is 18.2 Å². The molecule has 5 rings (SSSR count). The van der Waals surface area contributed by atoms with E-state index in [0.717, 1.165) is 41.0 Å². The molecule has 40 heavy (non-hydrogen) atoms. The van der Waals surface area contributed by atoms with Gasteiger partial charge in [-0.15, -0.1) is 0 Å². The van der Waals surface area contributed by atoms with Gasteiger partial charge in [-0.1, -0.05) is 18.2 Å². The van der Waals surface area contributed by atoms with Crippen LogP contribution in [0.2, 0.25) is 0 Å². The molecule has 3 heterocycles. The summed E-state index contributed by atoms with van der Waals surface area (Å²) in [4.78, 5) is 22.9. The minimum absolute atomic E-state index is 0.183. The summed E-state index contributed by atoms with van der Waals surface area (Å²) in [6.45, 7) is 3.32. The Labute approximate surface area is 227 Å². The number of alkyl halides is 3. The van der Waals surface area contributed by atoms with E-state index in [1.165, 1.54) is 0 Å². The number of anilines is 4. The molecule has 0 spiro atoms. The highest BCUT2D eigenvalue weighted by Gasteiger charge is 2.38. The van der Waals surface area contributed by atoms with E-state index in [2.05, 4.69) is 14.5 Å². The van der Waals surface area contributed by atoms with Gasteiger partial charge < -0.3 is 24.7 Å². The number of benzene rings is 2. The summed E-state index contributed by atoms with van der Waals surface area (Å²) in [5.41, 5.74) is 3.97.